The lowest BCUT2D eigenvalue weighted by molar-refractivity contribution is 0.181. The van der Waals surface area contributed by atoms with E-state index in [9.17, 15) is 18.3 Å². The van der Waals surface area contributed by atoms with E-state index >= 15 is 0 Å². The second-order valence-electron chi connectivity index (χ2n) is 8.58. The molecule has 3 aromatic rings. The zero-order valence-electron chi connectivity index (χ0n) is 18.5. The Labute approximate surface area is 192 Å². The molecule has 1 saturated carbocycles. The van der Waals surface area contributed by atoms with Crippen LogP contribution in [0.3, 0.4) is 0 Å². The highest BCUT2D eigenvalue weighted by Crippen LogP contribution is 2.37. The van der Waals surface area contributed by atoms with E-state index in [1.165, 1.54) is 13.2 Å². The van der Waals surface area contributed by atoms with Crippen molar-refractivity contribution in [2.45, 2.75) is 31.6 Å². The molecule has 172 valence electrons. The number of methoxy groups -OCH3 is 1. The lowest BCUT2D eigenvalue weighted by Gasteiger charge is -2.28. The van der Waals surface area contributed by atoms with Gasteiger partial charge in [-0.3, -0.25) is 0 Å². The van der Waals surface area contributed by atoms with E-state index in [0.717, 1.165) is 42.4 Å². The van der Waals surface area contributed by atoms with Crippen LogP contribution in [0.25, 0.3) is 23.3 Å². The summed E-state index contributed by atoms with van der Waals surface area (Å²) < 4.78 is 48.4. The van der Waals surface area contributed by atoms with Crippen molar-refractivity contribution >= 4 is 12.2 Å². The lowest BCUT2D eigenvalue weighted by atomic mass is 9.78. The molecule has 0 saturated heterocycles. The summed E-state index contributed by atoms with van der Waals surface area (Å²) in [6.07, 6.45) is 6.49. The maximum absolute atomic E-state index is 14.8. The van der Waals surface area contributed by atoms with Gasteiger partial charge in [0.1, 0.15) is 0 Å². The Balaban J connectivity index is 1.47. The molecule has 1 aliphatic rings. The third kappa shape index (κ3) is 5.14. The highest BCUT2D eigenvalue weighted by Gasteiger charge is 2.25. The summed E-state index contributed by atoms with van der Waals surface area (Å²) in [5, 5.41) is 9.28. The maximum atomic E-state index is 14.8. The fraction of sp³-hybridized carbons (Fsp3) is 0.286. The summed E-state index contributed by atoms with van der Waals surface area (Å²) in [4.78, 5) is 0. The van der Waals surface area contributed by atoms with Gasteiger partial charge >= 0.3 is 0 Å². The summed E-state index contributed by atoms with van der Waals surface area (Å²) in [6.45, 7) is 0.158. The molecule has 0 atom stereocenters. The first-order valence-electron chi connectivity index (χ1n) is 11.2. The van der Waals surface area contributed by atoms with Gasteiger partial charge in [0.15, 0.2) is 23.2 Å². The Morgan fingerprint density at radius 2 is 1.55 bits per heavy atom. The number of aliphatic hydroxyl groups is 1. The molecule has 0 unspecified atom stereocenters. The topological polar surface area (TPSA) is 29.5 Å². The van der Waals surface area contributed by atoms with Crippen molar-refractivity contribution in [3.05, 3.63) is 88.7 Å². The van der Waals surface area contributed by atoms with E-state index in [2.05, 4.69) is 0 Å². The van der Waals surface area contributed by atoms with Crippen molar-refractivity contribution in [2.24, 2.45) is 5.92 Å². The van der Waals surface area contributed by atoms with Crippen molar-refractivity contribution in [3.63, 3.8) is 0 Å². The summed E-state index contributed by atoms with van der Waals surface area (Å²) in [6, 6.07) is 15.5. The van der Waals surface area contributed by atoms with Gasteiger partial charge in [-0.05, 0) is 71.9 Å². The molecule has 0 aromatic heterocycles. The molecule has 5 heteroatoms. The molecule has 1 fully saturated rings. The zero-order chi connectivity index (χ0) is 23.4. The summed E-state index contributed by atoms with van der Waals surface area (Å²) in [5.41, 5.74) is 3.00. The Bertz CT molecular complexity index is 1130. The van der Waals surface area contributed by atoms with Crippen LogP contribution in [0.2, 0.25) is 0 Å². The molecule has 0 spiro atoms. The Morgan fingerprint density at radius 3 is 2.18 bits per heavy atom. The number of halogens is 3. The Morgan fingerprint density at radius 1 is 0.848 bits per heavy atom. The van der Waals surface area contributed by atoms with Gasteiger partial charge in [-0.15, -0.1) is 0 Å². The average Bonchev–Trinajstić information content (AvgIpc) is 2.85. The Hall–Kier alpha value is -3.05. The van der Waals surface area contributed by atoms with Crippen LogP contribution in [0.4, 0.5) is 13.2 Å². The normalized spacial score (nSPS) is 18.6. The molecule has 33 heavy (non-hydrogen) atoms. The standard InChI is InChI=1S/C28H27F3O2/c1-33-26-15-13-23(16-25(26)29)20-7-2-18(3-8-20)4-11-22-12-14-24(28(31)27(22)30)21-9-5-19(17-32)6-10-21/h2-4,7-8,11-16,19,21,32H,5-6,9-10,17H2,1H3/b11-4+. The van der Waals surface area contributed by atoms with E-state index in [-0.39, 0.29) is 29.8 Å². The van der Waals surface area contributed by atoms with E-state index in [1.54, 1.807) is 36.4 Å². The molecule has 1 aliphatic carbocycles. The fourth-order valence-corrected chi connectivity index (χ4v) is 4.50. The third-order valence-electron chi connectivity index (χ3n) is 6.54. The molecule has 0 aliphatic heterocycles. The van der Waals surface area contributed by atoms with Gasteiger partial charge in [0.2, 0.25) is 0 Å². The first-order chi connectivity index (χ1) is 16.0. The van der Waals surface area contributed by atoms with Gasteiger partial charge in [-0.25, -0.2) is 13.2 Å². The predicted octanol–water partition coefficient (Wildman–Crippen LogP) is 7.22. The van der Waals surface area contributed by atoms with Gasteiger partial charge < -0.3 is 9.84 Å². The predicted molar refractivity (Wildman–Crippen MR) is 125 cm³/mol. The van der Waals surface area contributed by atoms with Crippen LogP contribution in [0.1, 0.15) is 48.3 Å². The quantitative estimate of drug-likeness (QED) is 0.400. The molecular formula is C28H27F3O2. The number of hydrogen-bond donors (Lipinski definition) is 1. The molecule has 2 nitrogen and oxygen atoms in total. The summed E-state index contributed by atoms with van der Waals surface area (Å²) in [7, 11) is 1.42. The largest absolute Gasteiger partial charge is 0.494 e. The van der Waals surface area contributed by atoms with Crippen LogP contribution in [0.5, 0.6) is 5.75 Å². The molecule has 0 bridgehead atoms. The molecule has 0 radical (unpaired) electrons. The van der Waals surface area contributed by atoms with Crippen LogP contribution < -0.4 is 4.74 Å². The van der Waals surface area contributed by atoms with Crippen molar-refractivity contribution < 1.29 is 23.0 Å². The second kappa shape index (κ2) is 10.3. The number of benzene rings is 3. The second-order valence-corrected chi connectivity index (χ2v) is 8.58. The minimum Gasteiger partial charge on any atom is -0.494 e. The minimum atomic E-state index is -0.835. The van der Waals surface area contributed by atoms with Crippen molar-refractivity contribution in [2.75, 3.05) is 13.7 Å². The van der Waals surface area contributed by atoms with Gasteiger partial charge in [-0.2, -0.15) is 0 Å². The van der Waals surface area contributed by atoms with E-state index in [1.807, 2.05) is 24.3 Å². The van der Waals surface area contributed by atoms with Gasteiger partial charge in [0.05, 0.1) is 7.11 Å². The average molecular weight is 453 g/mol. The maximum Gasteiger partial charge on any atom is 0.166 e. The van der Waals surface area contributed by atoms with Crippen LogP contribution >= 0.6 is 0 Å². The number of hydrogen-bond acceptors (Lipinski definition) is 2. The fourth-order valence-electron chi connectivity index (χ4n) is 4.50. The highest BCUT2D eigenvalue weighted by atomic mass is 19.2. The first kappa shape index (κ1) is 23.1. The van der Waals surface area contributed by atoms with Crippen LogP contribution in [0.15, 0.2) is 54.6 Å². The minimum absolute atomic E-state index is 0.00401. The van der Waals surface area contributed by atoms with E-state index in [0.29, 0.717) is 5.56 Å². The summed E-state index contributed by atoms with van der Waals surface area (Å²) >= 11 is 0. The van der Waals surface area contributed by atoms with E-state index < -0.39 is 17.5 Å². The first-order valence-corrected chi connectivity index (χ1v) is 11.2. The molecular weight excluding hydrogens is 425 g/mol. The molecule has 0 amide bonds. The Kier molecular flexibility index (Phi) is 7.19. The smallest absolute Gasteiger partial charge is 0.166 e. The molecule has 1 N–H and O–H groups in total. The molecule has 0 heterocycles. The van der Waals surface area contributed by atoms with Crippen LogP contribution in [-0.2, 0) is 0 Å². The van der Waals surface area contributed by atoms with Crippen molar-refractivity contribution in [1.29, 1.82) is 0 Å². The monoisotopic (exact) mass is 452 g/mol. The SMILES string of the molecule is COc1ccc(-c2ccc(/C=C/c3ccc(C4CCC(CO)CC4)c(F)c3F)cc2)cc1F. The van der Waals surface area contributed by atoms with Crippen molar-refractivity contribution in [1.82, 2.24) is 0 Å². The van der Waals surface area contributed by atoms with Gasteiger partial charge in [0, 0.05) is 12.2 Å². The van der Waals surface area contributed by atoms with Gasteiger partial charge in [-0.1, -0.05) is 54.6 Å². The molecule has 4 rings (SSSR count). The summed E-state index contributed by atoms with van der Waals surface area (Å²) in [5.74, 6) is -1.58. The molecule has 3 aromatic carbocycles. The van der Waals surface area contributed by atoms with Gasteiger partial charge in [0.25, 0.3) is 0 Å². The van der Waals surface area contributed by atoms with Crippen LogP contribution in [0, 0.1) is 23.4 Å². The third-order valence-corrected chi connectivity index (χ3v) is 6.54. The number of ether oxygens (including phenoxy) is 1. The lowest BCUT2D eigenvalue weighted by Crippen LogP contribution is -2.17. The number of aliphatic hydroxyl groups excluding tert-OH is 1. The van der Waals surface area contributed by atoms with Crippen LogP contribution in [-0.4, -0.2) is 18.8 Å². The van der Waals surface area contributed by atoms with E-state index in [4.69, 9.17) is 4.74 Å². The highest BCUT2D eigenvalue weighted by molar-refractivity contribution is 5.72. The van der Waals surface area contributed by atoms with Crippen molar-refractivity contribution in [3.8, 4) is 16.9 Å². The number of rotatable bonds is 6. The zero-order valence-corrected chi connectivity index (χ0v) is 18.5.